The number of pyridine rings is 1. The van der Waals surface area contributed by atoms with Crippen LogP contribution in [-0.4, -0.2) is 23.5 Å². The first kappa shape index (κ1) is 17.1. The lowest BCUT2D eigenvalue weighted by Crippen LogP contribution is -2.40. The smallest absolute Gasteiger partial charge is 0.270 e. The molecule has 1 amide bonds. The predicted octanol–water partition coefficient (Wildman–Crippen LogP) is 4.02. The molecule has 0 bridgehead atoms. The summed E-state index contributed by atoms with van der Waals surface area (Å²) in [4.78, 5) is 16.3. The van der Waals surface area contributed by atoms with E-state index in [9.17, 15) is 4.79 Å². The molecule has 0 saturated heterocycles. The van der Waals surface area contributed by atoms with E-state index >= 15 is 0 Å². The van der Waals surface area contributed by atoms with Crippen molar-refractivity contribution >= 4 is 28.9 Å². The molecule has 5 nitrogen and oxygen atoms in total. The average molecular weight is 334 g/mol. The summed E-state index contributed by atoms with van der Waals surface area (Å²) in [5.74, 6) is 0.395. The molecule has 0 unspecified atom stereocenters. The number of ether oxygens (including phenoxy) is 1. The zero-order valence-corrected chi connectivity index (χ0v) is 14.4. The first-order valence-electron chi connectivity index (χ1n) is 7.17. The van der Waals surface area contributed by atoms with Crippen LogP contribution >= 0.6 is 11.6 Å². The Morgan fingerprint density at radius 3 is 2.48 bits per heavy atom. The molecular weight excluding hydrogens is 314 g/mol. The average Bonchev–Trinajstić information content (AvgIpc) is 2.46. The Balaban J connectivity index is 2.17. The van der Waals surface area contributed by atoms with Crippen molar-refractivity contribution in [2.24, 2.45) is 0 Å². The lowest BCUT2D eigenvalue weighted by atomic mass is 10.1. The monoisotopic (exact) mass is 333 g/mol. The largest absolute Gasteiger partial charge is 0.495 e. The van der Waals surface area contributed by atoms with Crippen LogP contribution in [0.3, 0.4) is 0 Å². The summed E-state index contributed by atoms with van der Waals surface area (Å²) in [6, 6.07) is 8.86. The van der Waals surface area contributed by atoms with Gasteiger partial charge in [0.1, 0.15) is 11.4 Å². The maximum atomic E-state index is 12.2. The first-order valence-corrected chi connectivity index (χ1v) is 7.55. The van der Waals surface area contributed by atoms with E-state index in [-0.39, 0.29) is 11.4 Å². The lowest BCUT2D eigenvalue weighted by Gasteiger charge is -2.20. The molecule has 2 rings (SSSR count). The molecule has 6 heteroatoms. The number of nitrogens with one attached hydrogen (secondary N) is 2. The standard InChI is InChI=1S/C17H20ClN3O2/c1-17(2,3)21-16(22)14-10-12(7-8-19-14)20-11-5-6-15(23-4)13(18)9-11/h5-10H,1-4H3,(H,19,20)(H,21,22). The topological polar surface area (TPSA) is 63.2 Å². The molecule has 1 heterocycles. The fraction of sp³-hybridized carbons (Fsp3) is 0.294. The molecule has 122 valence electrons. The first-order chi connectivity index (χ1) is 10.8. The molecule has 2 N–H and O–H groups in total. The normalized spacial score (nSPS) is 11.0. The second-order valence-corrected chi connectivity index (χ2v) is 6.52. The molecule has 23 heavy (non-hydrogen) atoms. The Morgan fingerprint density at radius 2 is 1.87 bits per heavy atom. The predicted molar refractivity (Wildman–Crippen MR) is 92.7 cm³/mol. The number of hydrogen-bond acceptors (Lipinski definition) is 4. The van der Waals surface area contributed by atoms with E-state index in [4.69, 9.17) is 16.3 Å². The van der Waals surface area contributed by atoms with Crippen molar-refractivity contribution in [3.05, 3.63) is 47.2 Å². The number of amides is 1. The summed E-state index contributed by atoms with van der Waals surface area (Å²) in [5, 5.41) is 6.59. The van der Waals surface area contributed by atoms with Gasteiger partial charge in [0.2, 0.25) is 0 Å². The number of hydrogen-bond donors (Lipinski definition) is 2. The van der Waals surface area contributed by atoms with E-state index in [1.807, 2.05) is 26.8 Å². The minimum atomic E-state index is -0.314. The third-order valence-corrected chi connectivity index (χ3v) is 3.22. The minimum absolute atomic E-state index is 0.214. The maximum absolute atomic E-state index is 12.2. The van der Waals surface area contributed by atoms with Gasteiger partial charge in [-0.2, -0.15) is 0 Å². The molecule has 1 aromatic carbocycles. The number of aromatic nitrogens is 1. The minimum Gasteiger partial charge on any atom is -0.495 e. The van der Waals surface area contributed by atoms with Crippen LogP contribution in [0.15, 0.2) is 36.5 Å². The second kappa shape index (κ2) is 6.87. The molecule has 0 fully saturated rings. The molecule has 0 saturated carbocycles. The zero-order valence-electron chi connectivity index (χ0n) is 13.6. The van der Waals surface area contributed by atoms with Gasteiger partial charge in [-0.15, -0.1) is 0 Å². The molecule has 2 aromatic rings. The summed E-state index contributed by atoms with van der Waals surface area (Å²) in [6.45, 7) is 5.77. The lowest BCUT2D eigenvalue weighted by molar-refractivity contribution is 0.0914. The van der Waals surface area contributed by atoms with Gasteiger partial charge in [-0.05, 0) is 51.1 Å². The highest BCUT2D eigenvalue weighted by Gasteiger charge is 2.16. The number of benzene rings is 1. The fourth-order valence-corrected chi connectivity index (χ4v) is 2.21. The van der Waals surface area contributed by atoms with Crippen molar-refractivity contribution in [3.63, 3.8) is 0 Å². The van der Waals surface area contributed by atoms with E-state index in [1.54, 1.807) is 37.6 Å². The van der Waals surface area contributed by atoms with Crippen molar-refractivity contribution < 1.29 is 9.53 Å². The van der Waals surface area contributed by atoms with Crippen LogP contribution in [0.5, 0.6) is 5.75 Å². The van der Waals surface area contributed by atoms with Crippen LogP contribution in [0.1, 0.15) is 31.3 Å². The van der Waals surface area contributed by atoms with Crippen LogP contribution in [0.4, 0.5) is 11.4 Å². The van der Waals surface area contributed by atoms with Crippen molar-refractivity contribution in [3.8, 4) is 5.75 Å². The number of halogens is 1. The van der Waals surface area contributed by atoms with E-state index < -0.39 is 0 Å². The molecule has 0 atom stereocenters. The SMILES string of the molecule is COc1ccc(Nc2ccnc(C(=O)NC(C)(C)C)c2)cc1Cl. The summed E-state index contributed by atoms with van der Waals surface area (Å²) >= 11 is 6.11. The van der Waals surface area contributed by atoms with Gasteiger partial charge < -0.3 is 15.4 Å². The molecular formula is C17H20ClN3O2. The Morgan fingerprint density at radius 1 is 1.17 bits per heavy atom. The van der Waals surface area contributed by atoms with Gasteiger partial charge >= 0.3 is 0 Å². The van der Waals surface area contributed by atoms with Crippen LogP contribution < -0.4 is 15.4 Å². The van der Waals surface area contributed by atoms with Crippen LogP contribution in [0.2, 0.25) is 5.02 Å². The van der Waals surface area contributed by atoms with Gasteiger partial charge in [-0.25, -0.2) is 0 Å². The summed E-state index contributed by atoms with van der Waals surface area (Å²) < 4.78 is 5.12. The molecule has 0 aliphatic heterocycles. The summed E-state index contributed by atoms with van der Waals surface area (Å²) in [5.41, 5.74) is 1.58. The summed E-state index contributed by atoms with van der Waals surface area (Å²) in [6.07, 6.45) is 1.59. The van der Waals surface area contributed by atoms with E-state index in [1.165, 1.54) is 0 Å². The highest BCUT2D eigenvalue weighted by Crippen LogP contribution is 2.28. The second-order valence-electron chi connectivity index (χ2n) is 6.11. The van der Waals surface area contributed by atoms with Crippen LogP contribution in [-0.2, 0) is 0 Å². The number of anilines is 2. The van der Waals surface area contributed by atoms with Gasteiger partial charge in [-0.3, -0.25) is 9.78 Å². The number of rotatable bonds is 4. The van der Waals surface area contributed by atoms with E-state index in [0.717, 1.165) is 11.4 Å². The van der Waals surface area contributed by atoms with Gasteiger partial charge in [0, 0.05) is 23.1 Å². The van der Waals surface area contributed by atoms with E-state index in [0.29, 0.717) is 16.5 Å². The van der Waals surface area contributed by atoms with Gasteiger partial charge in [0.15, 0.2) is 0 Å². The summed E-state index contributed by atoms with van der Waals surface area (Å²) in [7, 11) is 1.57. The fourth-order valence-electron chi connectivity index (χ4n) is 1.95. The van der Waals surface area contributed by atoms with E-state index in [2.05, 4.69) is 15.6 Å². The van der Waals surface area contributed by atoms with Gasteiger partial charge in [-0.1, -0.05) is 11.6 Å². The highest BCUT2D eigenvalue weighted by atomic mass is 35.5. The number of carbonyl (C=O) groups excluding carboxylic acids is 1. The maximum Gasteiger partial charge on any atom is 0.270 e. The number of nitrogens with zero attached hydrogens (tertiary/aromatic N) is 1. The Labute approximate surface area is 141 Å². The van der Waals surface area contributed by atoms with Crippen molar-refractivity contribution in [2.75, 3.05) is 12.4 Å². The molecule has 0 radical (unpaired) electrons. The van der Waals surface area contributed by atoms with Gasteiger partial charge in [0.05, 0.1) is 12.1 Å². The number of carbonyl (C=O) groups is 1. The Hall–Kier alpha value is -2.27. The molecule has 0 aliphatic rings. The van der Waals surface area contributed by atoms with Crippen molar-refractivity contribution in [1.29, 1.82) is 0 Å². The molecule has 1 aromatic heterocycles. The van der Waals surface area contributed by atoms with Crippen molar-refractivity contribution in [1.82, 2.24) is 10.3 Å². The molecule has 0 aliphatic carbocycles. The Bertz CT molecular complexity index is 711. The highest BCUT2D eigenvalue weighted by molar-refractivity contribution is 6.32. The quantitative estimate of drug-likeness (QED) is 0.887. The van der Waals surface area contributed by atoms with Crippen LogP contribution in [0.25, 0.3) is 0 Å². The zero-order chi connectivity index (χ0) is 17.0. The van der Waals surface area contributed by atoms with Crippen molar-refractivity contribution in [2.45, 2.75) is 26.3 Å². The van der Waals surface area contributed by atoms with Crippen LogP contribution in [0, 0.1) is 0 Å². The number of methoxy groups -OCH3 is 1. The Kier molecular flexibility index (Phi) is 5.11. The third kappa shape index (κ3) is 4.86. The third-order valence-electron chi connectivity index (χ3n) is 2.92. The molecule has 0 spiro atoms. The van der Waals surface area contributed by atoms with Gasteiger partial charge in [0.25, 0.3) is 5.91 Å².